The van der Waals surface area contributed by atoms with Crippen molar-refractivity contribution in [2.45, 2.75) is 12.8 Å². The van der Waals surface area contributed by atoms with Gasteiger partial charge in [0.15, 0.2) is 5.82 Å². The molecule has 1 heterocycles. The molecule has 0 aliphatic carbocycles. The molecule has 0 unspecified atom stereocenters. The van der Waals surface area contributed by atoms with Crippen LogP contribution in [0.2, 0.25) is 0 Å². The van der Waals surface area contributed by atoms with E-state index in [1.807, 2.05) is 12.1 Å². The van der Waals surface area contributed by atoms with Crippen molar-refractivity contribution in [2.75, 3.05) is 13.2 Å². The standard InChI is InChI=1S/C20H19N3O4/c24-19(15-7-3-1-4-8-15)26-13-11-17-21-18(23-22-17)12-14-27-20(25)16-9-5-2-6-10-16/h1-10H,11-14H2,(H,21,22,23). The van der Waals surface area contributed by atoms with E-state index >= 15 is 0 Å². The lowest BCUT2D eigenvalue weighted by Crippen LogP contribution is -2.09. The highest BCUT2D eigenvalue weighted by Crippen LogP contribution is 2.04. The molecule has 0 aliphatic rings. The van der Waals surface area contributed by atoms with Crippen molar-refractivity contribution in [3.05, 3.63) is 83.4 Å². The van der Waals surface area contributed by atoms with Crippen LogP contribution in [-0.4, -0.2) is 40.3 Å². The Kier molecular flexibility index (Phi) is 6.30. The summed E-state index contributed by atoms with van der Waals surface area (Å²) in [7, 11) is 0. The molecule has 1 N–H and O–H groups in total. The number of hydrogen-bond acceptors (Lipinski definition) is 6. The van der Waals surface area contributed by atoms with Crippen molar-refractivity contribution < 1.29 is 19.1 Å². The van der Waals surface area contributed by atoms with Crippen LogP contribution in [0, 0.1) is 0 Å². The molecule has 3 aromatic rings. The quantitative estimate of drug-likeness (QED) is 0.617. The molecule has 7 heteroatoms. The molecular weight excluding hydrogens is 346 g/mol. The van der Waals surface area contributed by atoms with Gasteiger partial charge in [-0.25, -0.2) is 14.6 Å². The maximum Gasteiger partial charge on any atom is 0.338 e. The van der Waals surface area contributed by atoms with Crippen LogP contribution < -0.4 is 0 Å². The number of nitrogens with one attached hydrogen (secondary N) is 1. The Labute approximate surface area is 156 Å². The molecule has 0 radical (unpaired) electrons. The van der Waals surface area contributed by atoms with Gasteiger partial charge in [0.2, 0.25) is 0 Å². The second kappa shape index (κ2) is 9.28. The Bertz CT molecular complexity index is 807. The molecule has 0 amide bonds. The highest BCUT2D eigenvalue weighted by molar-refractivity contribution is 5.89. The highest BCUT2D eigenvalue weighted by Gasteiger charge is 2.09. The van der Waals surface area contributed by atoms with Gasteiger partial charge in [0.1, 0.15) is 5.82 Å². The minimum atomic E-state index is -0.376. The molecule has 7 nitrogen and oxygen atoms in total. The van der Waals surface area contributed by atoms with E-state index < -0.39 is 0 Å². The van der Waals surface area contributed by atoms with Crippen molar-refractivity contribution in [1.82, 2.24) is 15.2 Å². The topological polar surface area (TPSA) is 94.2 Å². The van der Waals surface area contributed by atoms with E-state index in [1.54, 1.807) is 48.5 Å². The van der Waals surface area contributed by atoms with E-state index in [2.05, 4.69) is 15.2 Å². The smallest absolute Gasteiger partial charge is 0.338 e. The first-order chi connectivity index (χ1) is 13.2. The van der Waals surface area contributed by atoms with Crippen LogP contribution in [0.3, 0.4) is 0 Å². The molecule has 1 aromatic heterocycles. The lowest BCUT2D eigenvalue weighted by molar-refractivity contribution is 0.0499. The fourth-order valence-corrected chi connectivity index (χ4v) is 2.35. The summed E-state index contributed by atoms with van der Waals surface area (Å²) in [6.07, 6.45) is 0.828. The third-order valence-electron chi connectivity index (χ3n) is 3.73. The molecule has 0 fully saturated rings. The number of hydrogen-bond donors (Lipinski definition) is 1. The van der Waals surface area contributed by atoms with Gasteiger partial charge in [-0.05, 0) is 24.3 Å². The zero-order valence-corrected chi connectivity index (χ0v) is 14.6. The molecule has 0 saturated heterocycles. The first-order valence-corrected chi connectivity index (χ1v) is 8.57. The average molecular weight is 365 g/mol. The van der Waals surface area contributed by atoms with Gasteiger partial charge < -0.3 is 9.47 Å². The van der Waals surface area contributed by atoms with E-state index in [-0.39, 0.29) is 25.2 Å². The summed E-state index contributed by atoms with van der Waals surface area (Å²) in [4.78, 5) is 28.0. The molecule has 138 valence electrons. The summed E-state index contributed by atoms with van der Waals surface area (Å²) in [6, 6.07) is 17.6. The van der Waals surface area contributed by atoms with Crippen LogP contribution in [0.5, 0.6) is 0 Å². The predicted molar refractivity (Wildman–Crippen MR) is 97.2 cm³/mol. The maximum atomic E-state index is 11.8. The van der Waals surface area contributed by atoms with E-state index in [0.717, 1.165) is 0 Å². The Hall–Kier alpha value is -3.48. The van der Waals surface area contributed by atoms with Crippen LogP contribution in [0.15, 0.2) is 60.7 Å². The summed E-state index contributed by atoms with van der Waals surface area (Å²) >= 11 is 0. The first kappa shape index (κ1) is 18.3. The monoisotopic (exact) mass is 365 g/mol. The van der Waals surface area contributed by atoms with Crippen molar-refractivity contribution in [1.29, 1.82) is 0 Å². The second-order valence-corrected chi connectivity index (χ2v) is 5.70. The van der Waals surface area contributed by atoms with Crippen LogP contribution in [0.25, 0.3) is 0 Å². The third kappa shape index (κ3) is 5.50. The van der Waals surface area contributed by atoms with Gasteiger partial charge in [0, 0.05) is 12.8 Å². The van der Waals surface area contributed by atoms with Gasteiger partial charge >= 0.3 is 11.9 Å². The third-order valence-corrected chi connectivity index (χ3v) is 3.73. The van der Waals surface area contributed by atoms with Gasteiger partial charge in [0.05, 0.1) is 24.3 Å². The van der Waals surface area contributed by atoms with E-state index in [4.69, 9.17) is 9.47 Å². The largest absolute Gasteiger partial charge is 0.462 e. The first-order valence-electron chi connectivity index (χ1n) is 8.57. The van der Waals surface area contributed by atoms with Crippen LogP contribution in [-0.2, 0) is 22.3 Å². The molecule has 0 bridgehead atoms. The van der Waals surface area contributed by atoms with Gasteiger partial charge in [-0.1, -0.05) is 36.4 Å². The van der Waals surface area contributed by atoms with Gasteiger partial charge in [-0.2, -0.15) is 5.10 Å². The molecule has 0 atom stereocenters. The number of aromatic nitrogens is 3. The lowest BCUT2D eigenvalue weighted by atomic mass is 10.2. The van der Waals surface area contributed by atoms with Crippen LogP contribution >= 0.6 is 0 Å². The number of carbonyl (C=O) groups excluding carboxylic acids is 2. The zero-order valence-electron chi connectivity index (χ0n) is 14.6. The minimum Gasteiger partial charge on any atom is -0.462 e. The van der Waals surface area contributed by atoms with E-state index in [0.29, 0.717) is 35.6 Å². The molecule has 0 aliphatic heterocycles. The van der Waals surface area contributed by atoms with Crippen molar-refractivity contribution in [3.63, 3.8) is 0 Å². The number of esters is 2. The summed E-state index contributed by atoms with van der Waals surface area (Å²) < 4.78 is 10.4. The highest BCUT2D eigenvalue weighted by atomic mass is 16.5. The Morgan fingerprint density at radius 1 is 0.778 bits per heavy atom. The number of H-pyrrole nitrogens is 1. The number of ether oxygens (including phenoxy) is 2. The van der Waals surface area contributed by atoms with Crippen molar-refractivity contribution in [2.24, 2.45) is 0 Å². The summed E-state index contributed by atoms with van der Waals surface area (Å²) in [5.74, 6) is 0.405. The van der Waals surface area contributed by atoms with Crippen LogP contribution in [0.4, 0.5) is 0 Å². The molecule has 0 saturated carbocycles. The molecule has 27 heavy (non-hydrogen) atoms. The fraction of sp³-hybridized carbons (Fsp3) is 0.200. The summed E-state index contributed by atoms with van der Waals surface area (Å²) in [5, 5.41) is 6.87. The van der Waals surface area contributed by atoms with Crippen molar-refractivity contribution >= 4 is 11.9 Å². The van der Waals surface area contributed by atoms with Crippen LogP contribution in [0.1, 0.15) is 32.4 Å². The SMILES string of the molecule is O=C(OCCc1n[nH]c(CCOC(=O)c2ccccc2)n1)c1ccccc1. The molecule has 2 aromatic carbocycles. The molecule has 3 rings (SSSR count). The Balaban J connectivity index is 1.38. The van der Waals surface area contributed by atoms with E-state index in [1.165, 1.54) is 0 Å². The number of rotatable bonds is 8. The molecular formula is C20H19N3O4. The summed E-state index contributed by atoms with van der Waals surface area (Å²) in [5.41, 5.74) is 1.02. The number of benzene rings is 2. The minimum absolute atomic E-state index is 0.189. The van der Waals surface area contributed by atoms with E-state index in [9.17, 15) is 9.59 Å². The number of aromatic amines is 1. The van der Waals surface area contributed by atoms with Gasteiger partial charge in [-0.15, -0.1) is 0 Å². The Morgan fingerprint density at radius 2 is 1.30 bits per heavy atom. The lowest BCUT2D eigenvalue weighted by Gasteiger charge is -2.03. The fourth-order valence-electron chi connectivity index (χ4n) is 2.35. The zero-order chi connectivity index (χ0) is 18.9. The van der Waals surface area contributed by atoms with Crippen molar-refractivity contribution in [3.8, 4) is 0 Å². The number of nitrogens with zero attached hydrogens (tertiary/aromatic N) is 2. The maximum absolute atomic E-state index is 11.8. The summed E-state index contributed by atoms with van der Waals surface area (Å²) in [6.45, 7) is 0.388. The van der Waals surface area contributed by atoms with Gasteiger partial charge in [0.25, 0.3) is 0 Å². The normalized spacial score (nSPS) is 10.4. The van der Waals surface area contributed by atoms with Gasteiger partial charge in [-0.3, -0.25) is 5.10 Å². The molecule has 0 spiro atoms. The average Bonchev–Trinajstić information content (AvgIpc) is 3.17. The Morgan fingerprint density at radius 3 is 1.85 bits per heavy atom. The second-order valence-electron chi connectivity index (χ2n) is 5.70. The number of carbonyl (C=O) groups is 2. The predicted octanol–water partition coefficient (Wildman–Crippen LogP) is 2.60.